The fraction of sp³-hybridized carbons (Fsp3) is 0.167. The zero-order chi connectivity index (χ0) is 18.7. The number of hydrogen-bond acceptors (Lipinski definition) is 6. The lowest BCUT2D eigenvalue weighted by Crippen LogP contribution is -2.15. The monoisotopic (exact) mass is 371 g/mol. The number of methoxy groups -OCH3 is 1. The summed E-state index contributed by atoms with van der Waals surface area (Å²) in [5.41, 5.74) is 7.76. The van der Waals surface area contributed by atoms with E-state index in [4.69, 9.17) is 15.6 Å². The molecule has 3 aromatic rings. The molecule has 0 spiro atoms. The highest BCUT2D eigenvalue weighted by molar-refractivity contribution is 7.12. The van der Waals surface area contributed by atoms with E-state index in [0.29, 0.717) is 21.9 Å². The van der Waals surface area contributed by atoms with Gasteiger partial charge in [-0.1, -0.05) is 6.07 Å². The lowest BCUT2D eigenvalue weighted by atomic mass is 10.0. The number of rotatable bonds is 6. The van der Waals surface area contributed by atoms with Crippen LogP contribution in [0.25, 0.3) is 11.3 Å². The van der Waals surface area contributed by atoms with Crippen molar-refractivity contribution in [1.82, 2.24) is 9.78 Å². The molecule has 0 aliphatic carbocycles. The maximum atomic E-state index is 12.6. The molecule has 2 aromatic heterocycles. The molecule has 2 heterocycles. The topological polar surface area (TPSA) is 107 Å². The first-order valence-corrected chi connectivity index (χ1v) is 8.67. The third-order valence-electron chi connectivity index (χ3n) is 3.84. The first-order chi connectivity index (χ1) is 12.5. The normalized spacial score (nSPS) is 11.9. The van der Waals surface area contributed by atoms with Crippen LogP contribution >= 0.6 is 11.3 Å². The number of thiophene rings is 1. The van der Waals surface area contributed by atoms with Gasteiger partial charge < -0.3 is 15.6 Å². The van der Waals surface area contributed by atoms with Crippen LogP contribution in [0.1, 0.15) is 27.7 Å². The van der Waals surface area contributed by atoms with Gasteiger partial charge in [0.05, 0.1) is 24.1 Å². The summed E-state index contributed by atoms with van der Waals surface area (Å²) >= 11 is 1.31. The van der Waals surface area contributed by atoms with Crippen LogP contribution in [0.15, 0.2) is 48.0 Å². The van der Waals surface area contributed by atoms with Gasteiger partial charge in [-0.2, -0.15) is 5.10 Å². The Labute approximate surface area is 153 Å². The van der Waals surface area contributed by atoms with Crippen LogP contribution in [0.2, 0.25) is 0 Å². The minimum absolute atomic E-state index is 0.262. The lowest BCUT2D eigenvalue weighted by molar-refractivity contribution is -0.137. The Hall–Kier alpha value is -2.97. The molecule has 1 atom stereocenters. The van der Waals surface area contributed by atoms with Crippen molar-refractivity contribution in [3.05, 3.63) is 58.4 Å². The number of carboxylic acids is 1. The first-order valence-electron chi connectivity index (χ1n) is 7.79. The highest BCUT2D eigenvalue weighted by atomic mass is 32.1. The summed E-state index contributed by atoms with van der Waals surface area (Å²) in [7, 11) is 1.57. The van der Waals surface area contributed by atoms with Gasteiger partial charge >= 0.3 is 5.97 Å². The zero-order valence-electron chi connectivity index (χ0n) is 14.0. The van der Waals surface area contributed by atoms with Crippen molar-refractivity contribution in [3.63, 3.8) is 0 Å². The predicted molar refractivity (Wildman–Crippen MR) is 97.4 cm³/mol. The molecule has 0 amide bonds. The Bertz CT molecular complexity index is 917. The molecule has 0 aliphatic heterocycles. The second-order valence-corrected chi connectivity index (χ2v) is 6.54. The highest BCUT2D eigenvalue weighted by Gasteiger charge is 2.22. The minimum atomic E-state index is -1.02. The summed E-state index contributed by atoms with van der Waals surface area (Å²) < 4.78 is 6.36. The molecule has 0 fully saturated rings. The highest BCUT2D eigenvalue weighted by Crippen LogP contribution is 2.29. The molecule has 134 valence electrons. The molecule has 3 N–H and O–H groups in total. The van der Waals surface area contributed by atoms with Gasteiger partial charge in [-0.3, -0.25) is 9.59 Å². The van der Waals surface area contributed by atoms with Crippen LogP contribution < -0.4 is 10.5 Å². The molecule has 0 saturated heterocycles. The number of ether oxygens (including phenoxy) is 1. The number of nitrogens with two attached hydrogens (primary N) is 1. The maximum absolute atomic E-state index is 12.6. The quantitative estimate of drug-likeness (QED) is 0.690. The number of aromatic nitrogens is 2. The molecule has 3 rings (SSSR count). The van der Waals surface area contributed by atoms with Gasteiger partial charge in [-0.25, -0.2) is 4.68 Å². The lowest BCUT2D eigenvalue weighted by Gasteiger charge is -2.09. The molecule has 0 aliphatic rings. The van der Waals surface area contributed by atoms with Crippen LogP contribution in [-0.2, 0) is 4.79 Å². The van der Waals surface area contributed by atoms with Gasteiger partial charge in [-0.05, 0) is 35.7 Å². The fourth-order valence-electron chi connectivity index (χ4n) is 2.55. The molecule has 7 nitrogen and oxygen atoms in total. The Morgan fingerprint density at radius 3 is 2.62 bits per heavy atom. The number of carbonyl (C=O) groups is 2. The summed E-state index contributed by atoms with van der Waals surface area (Å²) in [5, 5.41) is 15.2. The molecular weight excluding hydrogens is 354 g/mol. The fourth-order valence-corrected chi connectivity index (χ4v) is 3.20. The largest absolute Gasteiger partial charge is 0.497 e. The number of nitrogens with zero attached hydrogens (tertiary/aromatic N) is 2. The van der Waals surface area contributed by atoms with Crippen LogP contribution in [0.5, 0.6) is 5.75 Å². The van der Waals surface area contributed by atoms with E-state index in [2.05, 4.69) is 5.10 Å². The van der Waals surface area contributed by atoms with Crippen molar-refractivity contribution in [2.45, 2.75) is 12.5 Å². The van der Waals surface area contributed by atoms with Crippen molar-refractivity contribution in [2.75, 3.05) is 7.11 Å². The average Bonchev–Trinajstić information content (AvgIpc) is 3.30. The Balaban J connectivity index is 2.04. The van der Waals surface area contributed by atoms with E-state index in [1.165, 1.54) is 22.2 Å². The van der Waals surface area contributed by atoms with E-state index < -0.39 is 12.0 Å². The van der Waals surface area contributed by atoms with Crippen LogP contribution in [-0.4, -0.2) is 33.9 Å². The summed E-state index contributed by atoms with van der Waals surface area (Å²) in [5.74, 6) is -0.627. The number of carbonyl (C=O) groups excluding carboxylic acids is 1. The van der Waals surface area contributed by atoms with E-state index in [9.17, 15) is 9.59 Å². The van der Waals surface area contributed by atoms with Crippen molar-refractivity contribution in [1.29, 1.82) is 0 Å². The molecule has 0 bridgehead atoms. The van der Waals surface area contributed by atoms with Crippen LogP contribution in [0.3, 0.4) is 0 Å². The SMILES string of the molecule is COc1ccc(-c2nn(C(=O)c3cccs3)cc2C(N)CC(=O)O)cc1. The van der Waals surface area contributed by atoms with Crippen LogP contribution in [0, 0.1) is 0 Å². The van der Waals surface area contributed by atoms with E-state index >= 15 is 0 Å². The second-order valence-electron chi connectivity index (χ2n) is 5.59. The summed E-state index contributed by atoms with van der Waals surface area (Å²) in [4.78, 5) is 24.2. The van der Waals surface area contributed by atoms with E-state index in [1.54, 1.807) is 48.9 Å². The summed E-state index contributed by atoms with van der Waals surface area (Å²) in [6.45, 7) is 0. The number of aliphatic carboxylic acids is 1. The molecule has 1 unspecified atom stereocenters. The standard InChI is InChI=1S/C18H17N3O4S/c1-25-12-6-4-11(5-7-12)17-13(14(19)9-16(22)23)10-21(20-17)18(24)15-3-2-8-26-15/h2-8,10,14H,9,19H2,1H3,(H,22,23). The van der Waals surface area contributed by atoms with Crippen LogP contribution in [0.4, 0.5) is 0 Å². The van der Waals surface area contributed by atoms with E-state index in [-0.39, 0.29) is 12.3 Å². The Morgan fingerprint density at radius 2 is 2.04 bits per heavy atom. The zero-order valence-corrected chi connectivity index (χ0v) is 14.8. The summed E-state index contributed by atoms with van der Waals surface area (Å²) in [6, 6.07) is 9.82. The number of carboxylic acid groups (broad SMARTS) is 1. The smallest absolute Gasteiger partial charge is 0.305 e. The maximum Gasteiger partial charge on any atom is 0.305 e. The molecule has 26 heavy (non-hydrogen) atoms. The second kappa shape index (κ2) is 7.51. The Kier molecular flexibility index (Phi) is 5.15. The van der Waals surface area contributed by atoms with Crippen molar-refractivity contribution < 1.29 is 19.4 Å². The molecule has 1 aromatic carbocycles. The number of benzene rings is 1. The van der Waals surface area contributed by atoms with Crippen molar-refractivity contribution in [3.8, 4) is 17.0 Å². The molecule has 0 saturated carbocycles. The van der Waals surface area contributed by atoms with Crippen molar-refractivity contribution >= 4 is 23.2 Å². The summed E-state index contributed by atoms with van der Waals surface area (Å²) in [6.07, 6.45) is 1.25. The number of hydrogen-bond donors (Lipinski definition) is 2. The third-order valence-corrected chi connectivity index (χ3v) is 4.70. The molecule has 0 radical (unpaired) electrons. The van der Waals surface area contributed by atoms with Gasteiger partial charge in [0, 0.05) is 23.4 Å². The van der Waals surface area contributed by atoms with Crippen molar-refractivity contribution in [2.24, 2.45) is 5.73 Å². The Morgan fingerprint density at radius 1 is 1.31 bits per heavy atom. The predicted octanol–water partition coefficient (Wildman–Crippen LogP) is 2.78. The van der Waals surface area contributed by atoms with Gasteiger partial charge in [-0.15, -0.1) is 11.3 Å². The third kappa shape index (κ3) is 3.66. The average molecular weight is 371 g/mol. The molecular formula is C18H17N3O4S. The van der Waals surface area contributed by atoms with Gasteiger partial charge in [0.25, 0.3) is 5.91 Å². The minimum Gasteiger partial charge on any atom is -0.497 e. The van der Waals surface area contributed by atoms with Gasteiger partial charge in [0.2, 0.25) is 0 Å². The first kappa shape index (κ1) is 17.8. The van der Waals surface area contributed by atoms with Gasteiger partial charge in [0.15, 0.2) is 0 Å². The van der Waals surface area contributed by atoms with E-state index in [0.717, 1.165) is 5.56 Å². The van der Waals surface area contributed by atoms with Gasteiger partial charge in [0.1, 0.15) is 5.75 Å². The van der Waals surface area contributed by atoms with E-state index in [1.807, 2.05) is 0 Å². The molecule has 8 heteroatoms.